The molecule has 1 unspecified atom stereocenters. The summed E-state index contributed by atoms with van der Waals surface area (Å²) < 4.78 is 5.89. The van der Waals surface area contributed by atoms with Crippen LogP contribution in [-0.4, -0.2) is 35.6 Å². The van der Waals surface area contributed by atoms with Gasteiger partial charge >= 0.3 is 0 Å². The lowest BCUT2D eigenvalue weighted by atomic mass is 9.76. The molecule has 1 heterocycles. The van der Waals surface area contributed by atoms with E-state index in [1.807, 2.05) is 19.1 Å². The Morgan fingerprint density at radius 2 is 1.89 bits per heavy atom. The topological polar surface area (TPSA) is 29.5 Å². The van der Waals surface area contributed by atoms with Crippen LogP contribution < -0.4 is 0 Å². The molecule has 4 heteroatoms. The van der Waals surface area contributed by atoms with Crippen LogP contribution in [0.5, 0.6) is 0 Å². The summed E-state index contributed by atoms with van der Waals surface area (Å²) in [5.41, 5.74) is 1.44. The number of hydrogen-bond donors (Lipinski definition) is 0. The summed E-state index contributed by atoms with van der Waals surface area (Å²) in [5.74, 6) is 0.280. The molecule has 0 spiro atoms. The predicted octanol–water partition coefficient (Wildman–Crippen LogP) is 5.74. The first-order chi connectivity index (χ1) is 12.9. The third-order valence-corrected chi connectivity index (χ3v) is 6.84. The van der Waals surface area contributed by atoms with Crippen LogP contribution in [0.1, 0.15) is 77.7 Å². The van der Waals surface area contributed by atoms with Crippen molar-refractivity contribution in [2.45, 2.75) is 89.2 Å². The number of carbonyl (C=O) groups excluding carboxylic acids is 1. The molecule has 1 aromatic carbocycles. The van der Waals surface area contributed by atoms with Crippen molar-refractivity contribution in [2.24, 2.45) is 0 Å². The van der Waals surface area contributed by atoms with E-state index in [1.165, 1.54) is 31.2 Å². The van der Waals surface area contributed by atoms with Crippen LogP contribution in [0.3, 0.4) is 0 Å². The Morgan fingerprint density at radius 3 is 2.48 bits per heavy atom. The van der Waals surface area contributed by atoms with Crippen molar-refractivity contribution in [2.75, 3.05) is 13.2 Å². The summed E-state index contributed by atoms with van der Waals surface area (Å²) in [6, 6.07) is 8.69. The Morgan fingerprint density at radius 1 is 1.22 bits per heavy atom. The molecule has 1 aliphatic heterocycles. The van der Waals surface area contributed by atoms with E-state index in [0.717, 1.165) is 37.4 Å². The highest BCUT2D eigenvalue weighted by Gasteiger charge is 2.38. The second-order valence-electron chi connectivity index (χ2n) is 8.94. The van der Waals surface area contributed by atoms with Gasteiger partial charge < -0.3 is 9.64 Å². The van der Waals surface area contributed by atoms with Gasteiger partial charge in [-0.1, -0.05) is 43.5 Å². The van der Waals surface area contributed by atoms with E-state index in [4.69, 9.17) is 16.3 Å². The molecule has 1 saturated heterocycles. The third-order valence-electron chi connectivity index (χ3n) is 6.58. The van der Waals surface area contributed by atoms with Crippen molar-refractivity contribution in [3.05, 3.63) is 34.9 Å². The van der Waals surface area contributed by atoms with Crippen LogP contribution in [-0.2, 0) is 14.9 Å². The van der Waals surface area contributed by atoms with Gasteiger partial charge in [0, 0.05) is 30.6 Å². The number of carbonyl (C=O) groups is 1. The Balaban J connectivity index is 1.76. The molecule has 2 aliphatic rings. The number of ether oxygens (including phenoxy) is 1. The highest BCUT2D eigenvalue weighted by atomic mass is 35.5. The Hall–Kier alpha value is -1.06. The lowest BCUT2D eigenvalue weighted by Gasteiger charge is -2.42. The fraction of sp³-hybridized carbons (Fsp3) is 0.696. The second-order valence-corrected chi connectivity index (χ2v) is 9.38. The van der Waals surface area contributed by atoms with Crippen LogP contribution >= 0.6 is 11.6 Å². The summed E-state index contributed by atoms with van der Waals surface area (Å²) >= 11 is 6.12. The average Bonchev–Trinajstić information content (AvgIpc) is 3.11. The Kier molecular flexibility index (Phi) is 6.53. The van der Waals surface area contributed by atoms with Crippen molar-refractivity contribution in [1.29, 1.82) is 0 Å². The van der Waals surface area contributed by atoms with Gasteiger partial charge in [0.2, 0.25) is 5.91 Å². The van der Waals surface area contributed by atoms with Crippen molar-refractivity contribution >= 4 is 17.5 Å². The van der Waals surface area contributed by atoms with Crippen molar-refractivity contribution < 1.29 is 9.53 Å². The van der Waals surface area contributed by atoms with Gasteiger partial charge in [-0.15, -0.1) is 0 Å². The van der Waals surface area contributed by atoms with Crippen LogP contribution in [0.4, 0.5) is 0 Å². The zero-order valence-electron chi connectivity index (χ0n) is 17.1. The standard InChI is InChI=1S/C23H34ClNO2/c1-4-21(26)25(20-11-16-27-22(2,3)17-20)15-14-23(12-5-6-13-23)18-7-9-19(24)10-8-18/h7-10,20H,4-6,11-17H2,1-3H3. The maximum absolute atomic E-state index is 12.8. The minimum atomic E-state index is -0.142. The highest BCUT2D eigenvalue weighted by molar-refractivity contribution is 6.30. The van der Waals surface area contributed by atoms with Crippen LogP contribution in [0, 0.1) is 0 Å². The fourth-order valence-electron chi connectivity index (χ4n) is 5.05. The van der Waals surface area contributed by atoms with Crippen LogP contribution in [0.15, 0.2) is 24.3 Å². The smallest absolute Gasteiger partial charge is 0.222 e. The number of hydrogen-bond acceptors (Lipinski definition) is 2. The van der Waals surface area contributed by atoms with Gasteiger partial charge in [-0.2, -0.15) is 0 Å². The minimum absolute atomic E-state index is 0.142. The Labute approximate surface area is 169 Å². The Bertz CT molecular complexity index is 634. The summed E-state index contributed by atoms with van der Waals surface area (Å²) in [4.78, 5) is 14.9. The molecule has 0 aromatic heterocycles. The molecule has 1 amide bonds. The molecule has 1 aromatic rings. The minimum Gasteiger partial charge on any atom is -0.375 e. The molecule has 3 rings (SSSR count). The third kappa shape index (κ3) is 4.86. The number of nitrogens with zero attached hydrogens (tertiary/aromatic N) is 1. The molecule has 3 nitrogen and oxygen atoms in total. The summed E-state index contributed by atoms with van der Waals surface area (Å²) in [7, 11) is 0. The molecule has 0 bridgehead atoms. The van der Waals surface area contributed by atoms with Crippen molar-refractivity contribution in [1.82, 2.24) is 4.90 Å². The monoisotopic (exact) mass is 391 g/mol. The van der Waals surface area contributed by atoms with Gasteiger partial charge in [-0.05, 0) is 69.1 Å². The molecule has 150 valence electrons. The quantitative estimate of drug-likeness (QED) is 0.618. The van der Waals surface area contributed by atoms with Gasteiger partial charge in [0.25, 0.3) is 0 Å². The largest absolute Gasteiger partial charge is 0.375 e. The zero-order chi connectivity index (χ0) is 19.5. The normalized spacial score (nSPS) is 23.9. The van der Waals surface area contributed by atoms with E-state index in [1.54, 1.807) is 0 Å². The van der Waals surface area contributed by atoms with E-state index in [-0.39, 0.29) is 16.9 Å². The number of benzene rings is 1. The zero-order valence-corrected chi connectivity index (χ0v) is 17.9. The molecular weight excluding hydrogens is 358 g/mol. The first-order valence-electron chi connectivity index (χ1n) is 10.5. The van der Waals surface area contributed by atoms with E-state index in [2.05, 4.69) is 30.9 Å². The average molecular weight is 392 g/mol. The van der Waals surface area contributed by atoms with E-state index >= 15 is 0 Å². The predicted molar refractivity (Wildman–Crippen MR) is 111 cm³/mol. The highest BCUT2D eigenvalue weighted by Crippen LogP contribution is 2.44. The summed E-state index contributed by atoms with van der Waals surface area (Å²) in [5, 5.41) is 0.791. The molecule has 2 fully saturated rings. The van der Waals surface area contributed by atoms with E-state index in [9.17, 15) is 4.79 Å². The second kappa shape index (κ2) is 8.53. The summed E-state index contributed by atoms with van der Waals surface area (Å²) in [6.07, 6.45) is 8.45. The van der Waals surface area contributed by atoms with Crippen LogP contribution in [0.2, 0.25) is 5.02 Å². The maximum Gasteiger partial charge on any atom is 0.222 e. The molecule has 0 N–H and O–H groups in total. The van der Waals surface area contributed by atoms with Crippen LogP contribution in [0.25, 0.3) is 0 Å². The number of rotatable bonds is 6. The van der Waals surface area contributed by atoms with E-state index in [0.29, 0.717) is 12.5 Å². The molecule has 0 radical (unpaired) electrons. The van der Waals surface area contributed by atoms with Gasteiger partial charge in [-0.3, -0.25) is 4.79 Å². The van der Waals surface area contributed by atoms with Gasteiger partial charge in [0.1, 0.15) is 0 Å². The van der Waals surface area contributed by atoms with Gasteiger partial charge in [0.05, 0.1) is 5.60 Å². The molecule has 1 aliphatic carbocycles. The molecule has 1 atom stereocenters. The molecular formula is C23H34ClNO2. The number of amides is 1. The molecule has 27 heavy (non-hydrogen) atoms. The van der Waals surface area contributed by atoms with Crippen molar-refractivity contribution in [3.63, 3.8) is 0 Å². The maximum atomic E-state index is 12.8. The van der Waals surface area contributed by atoms with Crippen molar-refractivity contribution in [3.8, 4) is 0 Å². The van der Waals surface area contributed by atoms with E-state index < -0.39 is 0 Å². The first-order valence-corrected chi connectivity index (χ1v) is 10.9. The first kappa shape index (κ1) is 20.7. The summed E-state index contributed by atoms with van der Waals surface area (Å²) in [6.45, 7) is 7.84. The van der Waals surface area contributed by atoms with Gasteiger partial charge in [-0.25, -0.2) is 0 Å². The SMILES string of the molecule is CCC(=O)N(CCC1(c2ccc(Cl)cc2)CCCC1)C1CCOC(C)(C)C1. The molecule has 1 saturated carbocycles. The number of halogens is 1. The lowest BCUT2D eigenvalue weighted by molar-refractivity contribution is -0.140. The lowest BCUT2D eigenvalue weighted by Crippen LogP contribution is -2.49. The fourth-order valence-corrected chi connectivity index (χ4v) is 5.18. The van der Waals surface area contributed by atoms with Gasteiger partial charge in [0.15, 0.2) is 0 Å².